The molecule has 0 N–H and O–H groups in total. The predicted molar refractivity (Wildman–Crippen MR) is 68.7 cm³/mol. The maximum atomic E-state index is 11.3. The molecule has 1 unspecified atom stereocenters. The monoisotopic (exact) mass is 244 g/mol. The Morgan fingerprint density at radius 2 is 1.94 bits per heavy atom. The lowest BCUT2D eigenvalue weighted by molar-refractivity contribution is -0.140. The minimum atomic E-state index is -1.94. The Kier molecular flexibility index (Phi) is 7.33. The predicted octanol–water partition coefficient (Wildman–Crippen LogP) is 3.06. The molecular formula is C12H24O3Si. The van der Waals surface area contributed by atoms with Gasteiger partial charge in [0.25, 0.3) is 0 Å². The van der Waals surface area contributed by atoms with Crippen molar-refractivity contribution < 1.29 is 14.0 Å². The van der Waals surface area contributed by atoms with Crippen LogP contribution in [0.5, 0.6) is 0 Å². The van der Waals surface area contributed by atoms with E-state index in [1.807, 2.05) is 0 Å². The molecule has 0 fully saturated rings. The third-order valence-electron chi connectivity index (χ3n) is 3.17. The molecule has 0 saturated heterocycles. The highest BCUT2D eigenvalue weighted by Crippen LogP contribution is 2.26. The van der Waals surface area contributed by atoms with Crippen molar-refractivity contribution in [1.82, 2.24) is 0 Å². The molecule has 3 nitrogen and oxygen atoms in total. The van der Waals surface area contributed by atoms with Crippen molar-refractivity contribution in [3.63, 3.8) is 0 Å². The fraction of sp³-hybridized carbons (Fsp3) is 0.750. The van der Waals surface area contributed by atoms with Crippen LogP contribution in [0.1, 0.15) is 33.6 Å². The van der Waals surface area contributed by atoms with Gasteiger partial charge in [-0.3, -0.25) is 0 Å². The molecular weight excluding hydrogens is 220 g/mol. The summed E-state index contributed by atoms with van der Waals surface area (Å²) in [7, 11) is -0.198. The molecule has 94 valence electrons. The van der Waals surface area contributed by atoms with Gasteiger partial charge in [-0.25, -0.2) is 4.79 Å². The minimum Gasteiger partial charge on any atom is -0.460 e. The second-order valence-corrected chi connectivity index (χ2v) is 8.49. The van der Waals surface area contributed by atoms with Crippen molar-refractivity contribution in [2.75, 3.05) is 7.11 Å². The van der Waals surface area contributed by atoms with E-state index in [1.54, 1.807) is 7.11 Å². The minimum absolute atomic E-state index is 0.0528. The fourth-order valence-electron chi connectivity index (χ4n) is 2.01. The molecule has 0 aliphatic rings. The maximum Gasteiger partial charge on any atom is 0.330 e. The average molecular weight is 244 g/mol. The number of carbonyl (C=O) groups excluding carboxylic acids is 1. The van der Waals surface area contributed by atoms with Crippen molar-refractivity contribution in [2.24, 2.45) is 0 Å². The van der Waals surface area contributed by atoms with Crippen LogP contribution < -0.4 is 0 Å². The summed E-state index contributed by atoms with van der Waals surface area (Å²) in [5, 5.41) is 0. The second-order valence-electron chi connectivity index (χ2n) is 3.89. The lowest BCUT2D eigenvalue weighted by Crippen LogP contribution is -2.50. The molecule has 0 amide bonds. The normalized spacial score (nSPS) is 13.2. The van der Waals surface area contributed by atoms with Crippen LogP contribution in [0.25, 0.3) is 0 Å². The SMILES string of the molecule is C=CC(=O)OC(CCC)[Si](CC)(CC)OC. The van der Waals surface area contributed by atoms with Gasteiger partial charge in [0, 0.05) is 13.2 Å². The molecule has 0 spiro atoms. The molecule has 0 heterocycles. The number of carbonyl (C=O) groups is 1. The first-order chi connectivity index (χ1) is 7.60. The Hall–Kier alpha value is -0.613. The van der Waals surface area contributed by atoms with Crippen molar-refractivity contribution in [2.45, 2.75) is 51.4 Å². The number of rotatable bonds is 8. The molecule has 0 aromatic rings. The van der Waals surface area contributed by atoms with E-state index in [9.17, 15) is 4.79 Å². The molecule has 1 atom stereocenters. The van der Waals surface area contributed by atoms with Crippen LogP contribution in [0.2, 0.25) is 12.1 Å². The van der Waals surface area contributed by atoms with Gasteiger partial charge >= 0.3 is 5.97 Å². The standard InChI is InChI=1S/C12H24O3Si/c1-6-10-12(15-11(13)7-2)16(8-3,9-4)14-5/h7,12H,2,6,8-10H2,1,3-5H3. The first kappa shape index (κ1) is 15.4. The van der Waals surface area contributed by atoms with Crippen LogP contribution in [0.3, 0.4) is 0 Å². The molecule has 0 aliphatic carbocycles. The number of hydrogen-bond donors (Lipinski definition) is 0. The van der Waals surface area contributed by atoms with Crippen LogP contribution >= 0.6 is 0 Å². The average Bonchev–Trinajstić information content (AvgIpc) is 2.32. The summed E-state index contributed by atoms with van der Waals surface area (Å²) in [5.74, 6) is -0.339. The largest absolute Gasteiger partial charge is 0.460 e. The number of hydrogen-bond acceptors (Lipinski definition) is 3. The van der Waals surface area contributed by atoms with Gasteiger partial charge in [-0.05, 0) is 18.5 Å². The van der Waals surface area contributed by atoms with E-state index in [1.165, 1.54) is 6.08 Å². The summed E-state index contributed by atoms with van der Waals surface area (Å²) < 4.78 is 11.2. The summed E-state index contributed by atoms with van der Waals surface area (Å²) in [6, 6.07) is 1.93. The second kappa shape index (κ2) is 7.63. The van der Waals surface area contributed by atoms with Gasteiger partial charge in [-0.1, -0.05) is 33.8 Å². The van der Waals surface area contributed by atoms with E-state index < -0.39 is 8.32 Å². The molecule has 0 rings (SSSR count). The maximum absolute atomic E-state index is 11.3. The van der Waals surface area contributed by atoms with Crippen molar-refractivity contribution in [3.8, 4) is 0 Å². The molecule has 0 aliphatic heterocycles. The highest BCUT2D eigenvalue weighted by molar-refractivity contribution is 6.75. The summed E-state index contributed by atoms with van der Waals surface area (Å²) in [6.45, 7) is 9.75. The Labute approximate surface area is 100.0 Å². The van der Waals surface area contributed by atoms with E-state index >= 15 is 0 Å². The molecule has 0 bridgehead atoms. The topological polar surface area (TPSA) is 35.5 Å². The zero-order chi connectivity index (χ0) is 12.6. The van der Waals surface area contributed by atoms with Crippen LogP contribution in [0.15, 0.2) is 12.7 Å². The summed E-state index contributed by atoms with van der Waals surface area (Å²) in [4.78, 5) is 11.3. The lowest BCUT2D eigenvalue weighted by atomic mass is 10.3. The van der Waals surface area contributed by atoms with Gasteiger partial charge < -0.3 is 9.16 Å². The molecule has 0 saturated carbocycles. The smallest absolute Gasteiger partial charge is 0.330 e. The fourth-order valence-corrected chi connectivity index (χ4v) is 5.40. The van der Waals surface area contributed by atoms with E-state index in [-0.39, 0.29) is 11.7 Å². The van der Waals surface area contributed by atoms with Crippen molar-refractivity contribution >= 4 is 14.3 Å². The van der Waals surface area contributed by atoms with Crippen LogP contribution in [-0.2, 0) is 14.0 Å². The van der Waals surface area contributed by atoms with Gasteiger partial charge in [0.15, 0.2) is 0 Å². The van der Waals surface area contributed by atoms with E-state index in [4.69, 9.17) is 9.16 Å². The Morgan fingerprint density at radius 1 is 1.38 bits per heavy atom. The molecule has 4 heteroatoms. The first-order valence-corrected chi connectivity index (χ1v) is 8.38. The number of ether oxygens (including phenoxy) is 1. The molecule has 0 aromatic heterocycles. The van der Waals surface area contributed by atoms with Gasteiger partial charge in [0.05, 0.1) is 0 Å². The summed E-state index contributed by atoms with van der Waals surface area (Å²) >= 11 is 0. The van der Waals surface area contributed by atoms with Crippen LogP contribution in [-0.4, -0.2) is 27.1 Å². The molecule has 16 heavy (non-hydrogen) atoms. The van der Waals surface area contributed by atoms with Crippen molar-refractivity contribution in [3.05, 3.63) is 12.7 Å². The van der Waals surface area contributed by atoms with Gasteiger partial charge in [0.2, 0.25) is 8.32 Å². The highest BCUT2D eigenvalue weighted by atomic mass is 28.4. The quantitative estimate of drug-likeness (QED) is 0.374. The van der Waals surface area contributed by atoms with Gasteiger partial charge in [0.1, 0.15) is 5.73 Å². The third-order valence-corrected chi connectivity index (χ3v) is 7.95. The summed E-state index contributed by atoms with van der Waals surface area (Å²) in [6.07, 6.45) is 3.09. The number of esters is 1. The Morgan fingerprint density at radius 3 is 2.25 bits per heavy atom. The zero-order valence-electron chi connectivity index (χ0n) is 10.9. The summed E-state index contributed by atoms with van der Waals surface area (Å²) in [5.41, 5.74) is -0.0528. The Balaban J connectivity index is 4.82. The first-order valence-electron chi connectivity index (χ1n) is 5.98. The molecule has 0 aromatic carbocycles. The van der Waals surface area contributed by atoms with Crippen LogP contribution in [0, 0.1) is 0 Å². The van der Waals surface area contributed by atoms with Gasteiger partial charge in [-0.2, -0.15) is 0 Å². The highest BCUT2D eigenvalue weighted by Gasteiger charge is 2.41. The zero-order valence-corrected chi connectivity index (χ0v) is 11.9. The van der Waals surface area contributed by atoms with Crippen LogP contribution in [0.4, 0.5) is 0 Å². The van der Waals surface area contributed by atoms with E-state index in [0.717, 1.165) is 24.9 Å². The molecule has 0 radical (unpaired) electrons. The van der Waals surface area contributed by atoms with E-state index in [2.05, 4.69) is 27.4 Å². The van der Waals surface area contributed by atoms with Gasteiger partial charge in [-0.15, -0.1) is 0 Å². The Bertz CT molecular complexity index is 216. The third kappa shape index (κ3) is 3.76. The lowest BCUT2D eigenvalue weighted by Gasteiger charge is -2.34. The van der Waals surface area contributed by atoms with Crippen molar-refractivity contribution in [1.29, 1.82) is 0 Å². The van der Waals surface area contributed by atoms with E-state index in [0.29, 0.717) is 0 Å².